The lowest BCUT2D eigenvalue weighted by Gasteiger charge is -1.99. The first-order chi connectivity index (χ1) is 3.72. The molecule has 0 aromatic heterocycles. The summed E-state index contributed by atoms with van der Waals surface area (Å²) in [6.07, 6.45) is 1.94. The van der Waals surface area contributed by atoms with E-state index >= 15 is 0 Å². The highest BCUT2D eigenvalue weighted by atomic mass is 16.3. The molecule has 48 valence electrons. The largest absolute Gasteiger partial charge is 0.513 e. The Labute approximate surface area is 51.0 Å². The van der Waals surface area contributed by atoms with Crippen LogP contribution in [-0.4, -0.2) is 5.11 Å². The molecule has 0 rings (SSSR count). The third kappa shape index (κ3) is 2.01. The summed E-state index contributed by atoms with van der Waals surface area (Å²) < 4.78 is 0. The molecule has 1 nitrogen and oxygen atoms in total. The van der Waals surface area contributed by atoms with Crippen LogP contribution in [0.2, 0.25) is 0 Å². The number of hydrogen-bond acceptors (Lipinski definition) is 1. The Morgan fingerprint density at radius 1 is 1.25 bits per heavy atom. The van der Waals surface area contributed by atoms with Gasteiger partial charge in [-0.2, -0.15) is 0 Å². The van der Waals surface area contributed by atoms with Crippen LogP contribution in [0, 0.1) is 0 Å². The zero-order valence-corrected chi connectivity index (χ0v) is 5.86. The average Bonchev–Trinajstić information content (AvgIpc) is 1.69. The summed E-state index contributed by atoms with van der Waals surface area (Å²) >= 11 is 0. The number of aliphatic hydroxyl groups is 1. The summed E-state index contributed by atoms with van der Waals surface area (Å²) in [6.45, 7) is 5.85. The number of allylic oxidation sites excluding steroid dienone is 2. The molecule has 0 aromatic carbocycles. The van der Waals surface area contributed by atoms with Crippen LogP contribution in [-0.2, 0) is 0 Å². The van der Waals surface area contributed by atoms with Gasteiger partial charge in [-0.1, -0.05) is 13.8 Å². The molecule has 0 fully saturated rings. The van der Waals surface area contributed by atoms with Crippen LogP contribution in [0.1, 0.15) is 33.6 Å². The Morgan fingerprint density at radius 2 is 1.62 bits per heavy atom. The third-order valence-corrected chi connectivity index (χ3v) is 1.37. The maximum absolute atomic E-state index is 8.89. The summed E-state index contributed by atoms with van der Waals surface area (Å²) in [6, 6.07) is 0. The van der Waals surface area contributed by atoms with E-state index in [1.807, 2.05) is 0 Å². The molecule has 0 atom stereocenters. The predicted octanol–water partition coefficient (Wildman–Crippen LogP) is 2.64. The maximum Gasteiger partial charge on any atom is 0.0883 e. The first-order valence-corrected chi connectivity index (χ1v) is 3.09. The van der Waals surface area contributed by atoms with Crippen molar-refractivity contribution in [2.75, 3.05) is 0 Å². The van der Waals surface area contributed by atoms with E-state index in [1.165, 1.54) is 0 Å². The Kier molecular flexibility index (Phi) is 3.33. The van der Waals surface area contributed by atoms with Gasteiger partial charge < -0.3 is 5.11 Å². The van der Waals surface area contributed by atoms with Crippen molar-refractivity contribution < 1.29 is 5.11 Å². The van der Waals surface area contributed by atoms with Gasteiger partial charge in [0, 0.05) is 0 Å². The summed E-state index contributed by atoms with van der Waals surface area (Å²) in [7, 11) is 0. The molecule has 0 amide bonds. The van der Waals surface area contributed by atoms with Crippen molar-refractivity contribution in [3.05, 3.63) is 11.3 Å². The highest BCUT2D eigenvalue weighted by molar-refractivity contribution is 5.03. The normalized spacial score (nSPS) is 8.88. The van der Waals surface area contributed by atoms with E-state index in [0.717, 1.165) is 18.4 Å². The highest BCUT2D eigenvalue weighted by Gasteiger charge is 1.92. The molecule has 0 aliphatic carbocycles. The van der Waals surface area contributed by atoms with Crippen LogP contribution in [0.15, 0.2) is 11.3 Å². The molecule has 0 heterocycles. The number of aliphatic hydroxyl groups excluding tert-OH is 1. The zero-order chi connectivity index (χ0) is 6.57. The van der Waals surface area contributed by atoms with Crippen LogP contribution in [0.4, 0.5) is 0 Å². The van der Waals surface area contributed by atoms with E-state index < -0.39 is 0 Å². The summed E-state index contributed by atoms with van der Waals surface area (Å²) in [5, 5.41) is 8.89. The van der Waals surface area contributed by atoms with Crippen molar-refractivity contribution in [2.45, 2.75) is 33.6 Å². The summed E-state index contributed by atoms with van der Waals surface area (Å²) in [5.41, 5.74) is 1.16. The third-order valence-electron chi connectivity index (χ3n) is 1.37. The van der Waals surface area contributed by atoms with E-state index in [4.69, 9.17) is 5.11 Å². The molecule has 0 saturated carbocycles. The molecule has 1 N–H and O–H groups in total. The molecule has 0 spiro atoms. The van der Waals surface area contributed by atoms with Crippen LogP contribution in [0.3, 0.4) is 0 Å². The smallest absolute Gasteiger partial charge is 0.0883 e. The Hall–Kier alpha value is -0.460. The molecule has 0 aliphatic heterocycles. The summed E-state index contributed by atoms with van der Waals surface area (Å²) in [4.78, 5) is 0. The van der Waals surface area contributed by atoms with Gasteiger partial charge in [-0.05, 0) is 25.3 Å². The van der Waals surface area contributed by atoms with Gasteiger partial charge in [-0.25, -0.2) is 0 Å². The maximum atomic E-state index is 8.89. The van der Waals surface area contributed by atoms with Crippen molar-refractivity contribution in [1.82, 2.24) is 0 Å². The fraction of sp³-hybridized carbons (Fsp3) is 0.714. The van der Waals surface area contributed by atoms with Gasteiger partial charge in [-0.3, -0.25) is 0 Å². The lowest BCUT2D eigenvalue weighted by Crippen LogP contribution is -1.82. The quantitative estimate of drug-likeness (QED) is 0.547. The predicted molar refractivity (Wildman–Crippen MR) is 35.9 cm³/mol. The second kappa shape index (κ2) is 3.53. The van der Waals surface area contributed by atoms with Crippen LogP contribution >= 0.6 is 0 Å². The summed E-state index contributed by atoms with van der Waals surface area (Å²) in [5.74, 6) is 0.495. The molecule has 0 saturated heterocycles. The van der Waals surface area contributed by atoms with Gasteiger partial charge in [0.15, 0.2) is 0 Å². The van der Waals surface area contributed by atoms with Crippen molar-refractivity contribution in [1.29, 1.82) is 0 Å². The minimum atomic E-state index is 0.495. The SMILES string of the molecule is CCC(CC)=C(C)O. The first-order valence-electron chi connectivity index (χ1n) is 3.09. The van der Waals surface area contributed by atoms with Gasteiger partial charge in [0.1, 0.15) is 0 Å². The minimum Gasteiger partial charge on any atom is -0.513 e. The average molecular weight is 114 g/mol. The van der Waals surface area contributed by atoms with Crippen molar-refractivity contribution in [2.24, 2.45) is 0 Å². The fourth-order valence-electron chi connectivity index (χ4n) is 0.762. The van der Waals surface area contributed by atoms with E-state index in [0.29, 0.717) is 5.76 Å². The second-order valence-electron chi connectivity index (χ2n) is 1.90. The lowest BCUT2D eigenvalue weighted by molar-refractivity contribution is 0.402. The van der Waals surface area contributed by atoms with E-state index in [2.05, 4.69) is 13.8 Å². The lowest BCUT2D eigenvalue weighted by atomic mass is 10.1. The van der Waals surface area contributed by atoms with Crippen molar-refractivity contribution in [3.63, 3.8) is 0 Å². The molecule has 0 aromatic rings. The fourth-order valence-corrected chi connectivity index (χ4v) is 0.762. The van der Waals surface area contributed by atoms with Gasteiger partial charge in [0.2, 0.25) is 0 Å². The highest BCUT2D eigenvalue weighted by Crippen LogP contribution is 2.08. The van der Waals surface area contributed by atoms with Gasteiger partial charge in [0.25, 0.3) is 0 Å². The van der Waals surface area contributed by atoms with E-state index in [9.17, 15) is 0 Å². The van der Waals surface area contributed by atoms with Crippen molar-refractivity contribution >= 4 is 0 Å². The van der Waals surface area contributed by atoms with Gasteiger partial charge in [-0.15, -0.1) is 0 Å². The van der Waals surface area contributed by atoms with Crippen LogP contribution in [0.5, 0.6) is 0 Å². The molecule has 0 radical (unpaired) electrons. The van der Waals surface area contributed by atoms with E-state index in [-0.39, 0.29) is 0 Å². The molecule has 0 aliphatic rings. The number of hydrogen-bond donors (Lipinski definition) is 1. The zero-order valence-electron chi connectivity index (χ0n) is 5.86. The molecule has 0 unspecified atom stereocenters. The van der Waals surface area contributed by atoms with Gasteiger partial charge >= 0.3 is 0 Å². The Balaban J connectivity index is 3.86. The Morgan fingerprint density at radius 3 is 1.62 bits per heavy atom. The van der Waals surface area contributed by atoms with Crippen molar-refractivity contribution in [3.8, 4) is 0 Å². The van der Waals surface area contributed by atoms with Crippen LogP contribution < -0.4 is 0 Å². The van der Waals surface area contributed by atoms with E-state index in [1.54, 1.807) is 6.92 Å². The standard InChI is InChI=1S/C7H14O/c1-4-7(5-2)6(3)8/h8H,4-5H2,1-3H3. The Bertz CT molecular complexity index is 82.6. The second-order valence-corrected chi connectivity index (χ2v) is 1.90. The molecule has 1 heteroatoms. The molecular weight excluding hydrogens is 100 g/mol. The monoisotopic (exact) mass is 114 g/mol. The molecular formula is C7H14O. The molecule has 0 bridgehead atoms. The molecule has 8 heavy (non-hydrogen) atoms. The first kappa shape index (κ1) is 7.54. The number of rotatable bonds is 2. The topological polar surface area (TPSA) is 20.2 Å². The van der Waals surface area contributed by atoms with Gasteiger partial charge in [0.05, 0.1) is 5.76 Å². The van der Waals surface area contributed by atoms with Crippen LogP contribution in [0.25, 0.3) is 0 Å². The minimum absolute atomic E-state index is 0.495.